The lowest BCUT2D eigenvalue weighted by atomic mass is 10.2. The van der Waals surface area contributed by atoms with Gasteiger partial charge < -0.3 is 14.2 Å². The van der Waals surface area contributed by atoms with Gasteiger partial charge in [0, 0.05) is 28.0 Å². The van der Waals surface area contributed by atoms with Crippen molar-refractivity contribution in [2.24, 2.45) is 10.1 Å². The Bertz CT molecular complexity index is 1030. The van der Waals surface area contributed by atoms with Crippen LogP contribution >= 0.6 is 27.3 Å². The predicted octanol–water partition coefficient (Wildman–Crippen LogP) is 4.42. The molecule has 0 aliphatic heterocycles. The maximum absolute atomic E-state index is 5.41. The van der Waals surface area contributed by atoms with Crippen LogP contribution in [0.1, 0.15) is 5.56 Å². The Labute approximate surface area is 175 Å². The number of thiazole rings is 1. The van der Waals surface area contributed by atoms with E-state index >= 15 is 0 Å². The molecule has 0 fully saturated rings. The van der Waals surface area contributed by atoms with Gasteiger partial charge in [0.25, 0.3) is 0 Å². The summed E-state index contributed by atoms with van der Waals surface area (Å²) in [4.78, 5) is 5.12. The number of ether oxygens (including phenoxy) is 3. The van der Waals surface area contributed by atoms with Crippen molar-refractivity contribution in [1.29, 1.82) is 0 Å². The molecular weight excluding hydrogens is 442 g/mol. The summed E-state index contributed by atoms with van der Waals surface area (Å²) in [5, 5.41) is 6.70. The first-order valence-electron chi connectivity index (χ1n) is 8.35. The Morgan fingerprint density at radius 2 is 1.64 bits per heavy atom. The van der Waals surface area contributed by atoms with Crippen molar-refractivity contribution >= 4 is 33.5 Å². The van der Waals surface area contributed by atoms with Crippen LogP contribution in [-0.4, -0.2) is 39.3 Å². The van der Waals surface area contributed by atoms with Crippen molar-refractivity contribution < 1.29 is 14.2 Å². The van der Waals surface area contributed by atoms with Crippen LogP contribution in [-0.2, 0) is 0 Å². The maximum atomic E-state index is 5.41. The molecule has 2 aromatic carbocycles. The highest BCUT2D eigenvalue weighted by molar-refractivity contribution is 9.10. The fourth-order valence-corrected chi connectivity index (χ4v) is 3.75. The summed E-state index contributed by atoms with van der Waals surface area (Å²) in [5.41, 5.74) is 2.83. The molecule has 8 heteroatoms. The van der Waals surface area contributed by atoms with E-state index in [2.05, 4.69) is 26.0 Å². The van der Waals surface area contributed by atoms with E-state index in [1.807, 2.05) is 46.5 Å². The Morgan fingerprint density at radius 3 is 2.18 bits per heavy atom. The first-order valence-corrected chi connectivity index (χ1v) is 10.0. The second-order valence-electron chi connectivity index (χ2n) is 5.65. The first kappa shape index (κ1) is 20.2. The largest absolute Gasteiger partial charge is 0.493 e. The van der Waals surface area contributed by atoms with Gasteiger partial charge in [-0.25, -0.2) is 4.68 Å². The molecule has 0 radical (unpaired) electrons. The van der Waals surface area contributed by atoms with Gasteiger partial charge in [0.1, 0.15) is 0 Å². The van der Waals surface area contributed by atoms with Crippen molar-refractivity contribution in [3.63, 3.8) is 0 Å². The van der Waals surface area contributed by atoms with Gasteiger partial charge in [-0.1, -0.05) is 28.1 Å². The van der Waals surface area contributed by atoms with Crippen molar-refractivity contribution in [1.82, 2.24) is 4.68 Å². The molecule has 0 spiro atoms. The van der Waals surface area contributed by atoms with E-state index in [9.17, 15) is 0 Å². The smallest absolute Gasteiger partial charge is 0.205 e. The van der Waals surface area contributed by atoms with Gasteiger partial charge in [-0.3, -0.25) is 4.99 Å². The maximum Gasteiger partial charge on any atom is 0.205 e. The number of rotatable bonds is 6. The minimum Gasteiger partial charge on any atom is -0.493 e. The average molecular weight is 462 g/mol. The number of methoxy groups -OCH3 is 3. The lowest BCUT2D eigenvalue weighted by Crippen LogP contribution is -2.11. The molecule has 0 amide bonds. The number of halogens is 1. The van der Waals surface area contributed by atoms with Crippen LogP contribution in [0.4, 0.5) is 0 Å². The van der Waals surface area contributed by atoms with Gasteiger partial charge in [0.2, 0.25) is 10.6 Å². The Kier molecular flexibility index (Phi) is 6.53. The molecule has 6 nitrogen and oxygen atoms in total. The predicted molar refractivity (Wildman–Crippen MR) is 116 cm³/mol. The standard InChI is InChI=1S/C20H20BrN3O3S/c1-22-20-24(16(12-28-20)14-5-7-15(21)8-6-14)23-11-13-9-17(25-2)19(27-4)18(10-13)26-3/h5-12H,1-4H3/b22-20?,23-11+. The average Bonchev–Trinajstić information content (AvgIpc) is 3.14. The second-order valence-corrected chi connectivity index (χ2v) is 7.40. The van der Waals surface area contributed by atoms with Crippen LogP contribution in [0, 0.1) is 0 Å². The zero-order chi connectivity index (χ0) is 20.1. The van der Waals surface area contributed by atoms with E-state index in [0.29, 0.717) is 17.2 Å². The quantitative estimate of drug-likeness (QED) is 0.510. The van der Waals surface area contributed by atoms with Crippen LogP contribution in [0.15, 0.2) is 56.3 Å². The number of nitrogens with zero attached hydrogens (tertiary/aromatic N) is 3. The zero-order valence-electron chi connectivity index (χ0n) is 16.0. The summed E-state index contributed by atoms with van der Waals surface area (Å²) in [6, 6.07) is 11.8. The Hall–Kier alpha value is -2.58. The molecule has 0 N–H and O–H groups in total. The van der Waals surface area contributed by atoms with E-state index in [4.69, 9.17) is 14.2 Å². The zero-order valence-corrected chi connectivity index (χ0v) is 18.4. The van der Waals surface area contributed by atoms with Crippen molar-refractivity contribution in [3.05, 3.63) is 56.6 Å². The van der Waals surface area contributed by atoms with E-state index in [0.717, 1.165) is 26.1 Å². The Morgan fingerprint density at radius 1 is 1.00 bits per heavy atom. The molecule has 0 aliphatic rings. The molecule has 1 aromatic heterocycles. The highest BCUT2D eigenvalue weighted by atomic mass is 79.9. The molecule has 3 aromatic rings. The van der Waals surface area contributed by atoms with Crippen molar-refractivity contribution in [2.45, 2.75) is 0 Å². The minimum atomic E-state index is 0.546. The lowest BCUT2D eigenvalue weighted by Gasteiger charge is -2.12. The van der Waals surface area contributed by atoms with Gasteiger partial charge in [0.15, 0.2) is 11.5 Å². The van der Waals surface area contributed by atoms with Crippen LogP contribution < -0.4 is 19.0 Å². The van der Waals surface area contributed by atoms with Crippen molar-refractivity contribution in [3.8, 4) is 28.5 Å². The van der Waals surface area contributed by atoms with Crippen molar-refractivity contribution in [2.75, 3.05) is 28.4 Å². The summed E-state index contributed by atoms with van der Waals surface area (Å²) in [6.45, 7) is 0. The summed E-state index contributed by atoms with van der Waals surface area (Å²) < 4.78 is 19.0. The fraction of sp³-hybridized carbons (Fsp3) is 0.200. The summed E-state index contributed by atoms with van der Waals surface area (Å²) >= 11 is 5.00. The highest BCUT2D eigenvalue weighted by Crippen LogP contribution is 2.37. The van der Waals surface area contributed by atoms with Crippen LogP contribution in [0.2, 0.25) is 0 Å². The monoisotopic (exact) mass is 461 g/mol. The third-order valence-electron chi connectivity index (χ3n) is 4.03. The number of benzene rings is 2. The van der Waals surface area contributed by atoms with E-state index in [1.54, 1.807) is 34.6 Å². The van der Waals surface area contributed by atoms with E-state index in [-0.39, 0.29) is 0 Å². The molecule has 1 heterocycles. The molecule has 3 rings (SSSR count). The van der Waals surface area contributed by atoms with Crippen LogP contribution in [0.25, 0.3) is 11.3 Å². The Balaban J connectivity index is 2.06. The van der Waals surface area contributed by atoms with Gasteiger partial charge in [-0.15, -0.1) is 11.3 Å². The fourth-order valence-electron chi connectivity index (χ4n) is 2.68. The first-order chi connectivity index (χ1) is 13.6. The van der Waals surface area contributed by atoms with Gasteiger partial charge in [0.05, 0.1) is 33.2 Å². The molecule has 0 unspecified atom stereocenters. The summed E-state index contributed by atoms with van der Waals surface area (Å²) in [5.74, 6) is 1.70. The number of hydrogen-bond donors (Lipinski definition) is 0. The SMILES string of the molecule is CN=c1scc(-c2ccc(Br)cc2)n1/N=C/c1cc(OC)c(OC)c(OC)c1. The van der Waals surface area contributed by atoms with Crippen LogP contribution in [0.3, 0.4) is 0 Å². The number of hydrogen-bond acceptors (Lipinski definition) is 6. The topological polar surface area (TPSA) is 57.3 Å². The third kappa shape index (κ3) is 4.13. The molecular formula is C20H20BrN3O3S. The van der Waals surface area contributed by atoms with E-state index in [1.165, 1.54) is 11.3 Å². The number of aromatic nitrogens is 1. The minimum absolute atomic E-state index is 0.546. The summed E-state index contributed by atoms with van der Waals surface area (Å²) in [6.07, 6.45) is 1.74. The molecule has 146 valence electrons. The normalized spacial score (nSPS) is 11.8. The summed E-state index contributed by atoms with van der Waals surface area (Å²) in [7, 11) is 6.51. The molecule has 0 bridgehead atoms. The molecule has 0 saturated heterocycles. The highest BCUT2D eigenvalue weighted by Gasteiger charge is 2.13. The van der Waals surface area contributed by atoms with Gasteiger partial charge >= 0.3 is 0 Å². The second kappa shape index (κ2) is 9.07. The van der Waals surface area contributed by atoms with Crippen LogP contribution in [0.5, 0.6) is 17.2 Å². The molecule has 28 heavy (non-hydrogen) atoms. The molecule has 0 aliphatic carbocycles. The third-order valence-corrected chi connectivity index (χ3v) is 5.46. The lowest BCUT2D eigenvalue weighted by molar-refractivity contribution is 0.324. The molecule has 0 atom stereocenters. The van der Waals surface area contributed by atoms with Gasteiger partial charge in [-0.05, 0) is 24.3 Å². The van der Waals surface area contributed by atoms with E-state index < -0.39 is 0 Å². The molecule has 0 saturated carbocycles. The van der Waals surface area contributed by atoms with Gasteiger partial charge in [-0.2, -0.15) is 5.10 Å².